The first kappa shape index (κ1) is 19.7. The number of nitrogens with zero attached hydrogens (tertiary/aromatic N) is 5. The largest absolute Gasteiger partial charge is 0.358 e. The number of rotatable bonds is 5. The van der Waals surface area contributed by atoms with Crippen LogP contribution in [0.1, 0.15) is 52.9 Å². The van der Waals surface area contributed by atoms with E-state index in [1.165, 1.54) is 11.0 Å². The lowest BCUT2D eigenvalue weighted by Gasteiger charge is -2.38. The minimum atomic E-state index is -0.150. The van der Waals surface area contributed by atoms with Crippen molar-refractivity contribution < 1.29 is 9.29 Å². The van der Waals surface area contributed by atoms with Gasteiger partial charge in [-0.05, 0) is 49.2 Å². The Bertz CT molecular complexity index is 743. The summed E-state index contributed by atoms with van der Waals surface area (Å²) in [5.41, 5.74) is 0.555. The Morgan fingerprint density at radius 1 is 1.15 bits per heavy atom. The highest BCUT2D eigenvalue weighted by atomic mass is 19.1. The summed E-state index contributed by atoms with van der Waals surface area (Å²) in [4.78, 5) is 3.63. The predicted octanol–water partition coefficient (Wildman–Crippen LogP) is 2.06. The van der Waals surface area contributed by atoms with Crippen LogP contribution >= 0.6 is 0 Å². The fourth-order valence-corrected chi connectivity index (χ4v) is 3.91. The lowest BCUT2D eigenvalue weighted by atomic mass is 9.99. The summed E-state index contributed by atoms with van der Waals surface area (Å²) in [6.45, 7) is 14.4. The van der Waals surface area contributed by atoms with Gasteiger partial charge in [0.05, 0.1) is 37.4 Å². The number of para-hydroxylation sites is 1. The van der Waals surface area contributed by atoms with E-state index in [0.29, 0.717) is 11.6 Å². The van der Waals surface area contributed by atoms with Crippen LogP contribution in [0, 0.1) is 11.7 Å². The van der Waals surface area contributed by atoms with Gasteiger partial charge in [0.2, 0.25) is 5.82 Å². The van der Waals surface area contributed by atoms with Crippen molar-refractivity contribution >= 4 is 5.69 Å². The third kappa shape index (κ3) is 4.46. The number of hydrogen-bond donors (Lipinski definition) is 1. The summed E-state index contributed by atoms with van der Waals surface area (Å²) in [7, 11) is 0. The Morgan fingerprint density at radius 3 is 2.41 bits per heavy atom. The zero-order valence-electron chi connectivity index (χ0n) is 17.1. The number of quaternary nitrogens is 1. The molecule has 1 N–H and O–H groups in total. The summed E-state index contributed by atoms with van der Waals surface area (Å²) < 4.78 is 16.1. The summed E-state index contributed by atoms with van der Waals surface area (Å²) in [5, 5.41) is 12.7. The average Bonchev–Trinajstić information content (AvgIpc) is 3.10. The van der Waals surface area contributed by atoms with Gasteiger partial charge in [0.1, 0.15) is 5.82 Å². The van der Waals surface area contributed by atoms with E-state index in [1.54, 1.807) is 6.07 Å². The van der Waals surface area contributed by atoms with Crippen molar-refractivity contribution in [1.82, 2.24) is 20.2 Å². The topological polar surface area (TPSA) is 51.3 Å². The van der Waals surface area contributed by atoms with E-state index in [4.69, 9.17) is 0 Å². The molecule has 1 atom stereocenters. The molecular formula is C20H32FN6+. The number of aromatic nitrogens is 4. The average molecular weight is 376 g/mol. The molecule has 1 fully saturated rings. The van der Waals surface area contributed by atoms with Crippen molar-refractivity contribution in [2.75, 3.05) is 31.1 Å². The van der Waals surface area contributed by atoms with Crippen LogP contribution in [0.3, 0.4) is 0 Å². The molecule has 1 aliphatic rings. The molecule has 0 amide bonds. The maximum atomic E-state index is 14.1. The molecule has 0 radical (unpaired) electrons. The smallest absolute Gasteiger partial charge is 0.209 e. The second-order valence-corrected chi connectivity index (χ2v) is 8.90. The monoisotopic (exact) mass is 375 g/mol. The van der Waals surface area contributed by atoms with Gasteiger partial charge in [-0.1, -0.05) is 26.0 Å². The van der Waals surface area contributed by atoms with Crippen LogP contribution in [0.15, 0.2) is 24.3 Å². The van der Waals surface area contributed by atoms with E-state index in [1.807, 2.05) is 16.8 Å². The van der Waals surface area contributed by atoms with Gasteiger partial charge < -0.3 is 9.80 Å². The maximum Gasteiger partial charge on any atom is 0.209 e. The van der Waals surface area contributed by atoms with Gasteiger partial charge in [-0.3, -0.25) is 0 Å². The van der Waals surface area contributed by atoms with Crippen molar-refractivity contribution in [2.45, 2.75) is 52.6 Å². The SMILES string of the molecule is CC(C)C[C@H](c1nnnn1C(C)(C)C)[NH+]1CCN(c2ccccc2F)CC1. The minimum Gasteiger partial charge on any atom is -0.358 e. The highest BCUT2D eigenvalue weighted by Gasteiger charge is 2.35. The number of anilines is 1. The molecule has 0 bridgehead atoms. The van der Waals surface area contributed by atoms with Crippen molar-refractivity contribution in [3.8, 4) is 0 Å². The minimum absolute atomic E-state index is 0.142. The Morgan fingerprint density at radius 2 is 1.81 bits per heavy atom. The molecule has 1 saturated heterocycles. The van der Waals surface area contributed by atoms with Crippen LogP contribution in [-0.4, -0.2) is 46.4 Å². The van der Waals surface area contributed by atoms with Crippen LogP contribution in [0.5, 0.6) is 0 Å². The van der Waals surface area contributed by atoms with Crippen LogP contribution in [-0.2, 0) is 5.54 Å². The van der Waals surface area contributed by atoms with Crippen LogP contribution in [0.2, 0.25) is 0 Å². The van der Waals surface area contributed by atoms with Crippen molar-refractivity contribution in [2.24, 2.45) is 5.92 Å². The first-order valence-electron chi connectivity index (χ1n) is 9.90. The number of halogens is 1. The zero-order chi connectivity index (χ0) is 19.6. The van der Waals surface area contributed by atoms with E-state index in [9.17, 15) is 4.39 Å². The third-order valence-corrected chi connectivity index (χ3v) is 5.24. The first-order valence-corrected chi connectivity index (χ1v) is 9.90. The molecule has 27 heavy (non-hydrogen) atoms. The van der Waals surface area contributed by atoms with Crippen molar-refractivity contribution in [3.05, 3.63) is 35.9 Å². The number of hydrogen-bond acceptors (Lipinski definition) is 4. The van der Waals surface area contributed by atoms with E-state index in [0.717, 1.165) is 38.4 Å². The summed E-state index contributed by atoms with van der Waals surface area (Å²) in [6.07, 6.45) is 1.03. The Labute approximate surface area is 161 Å². The molecule has 2 aromatic rings. The molecule has 148 valence electrons. The molecule has 0 aliphatic carbocycles. The van der Waals surface area contributed by atoms with Gasteiger partial charge in [0, 0.05) is 6.42 Å². The Kier molecular flexibility index (Phi) is 5.79. The predicted molar refractivity (Wildman–Crippen MR) is 104 cm³/mol. The van der Waals surface area contributed by atoms with Gasteiger partial charge in [-0.2, -0.15) is 0 Å². The second-order valence-electron chi connectivity index (χ2n) is 8.90. The molecule has 6 nitrogen and oxygen atoms in total. The third-order valence-electron chi connectivity index (χ3n) is 5.24. The number of piperazine rings is 1. The van der Waals surface area contributed by atoms with Crippen LogP contribution in [0.4, 0.5) is 10.1 Å². The fraction of sp³-hybridized carbons (Fsp3) is 0.650. The van der Waals surface area contributed by atoms with Crippen molar-refractivity contribution in [3.63, 3.8) is 0 Å². The van der Waals surface area contributed by atoms with Gasteiger partial charge in [0.15, 0.2) is 6.04 Å². The second kappa shape index (κ2) is 7.92. The molecule has 0 spiro atoms. The number of tetrazole rings is 1. The van der Waals surface area contributed by atoms with Gasteiger partial charge in [-0.25, -0.2) is 9.07 Å². The standard InChI is InChI=1S/C20H31FN6/c1-15(2)14-18(19-22-23-24-27(19)20(3,4)5)26-12-10-25(11-13-26)17-9-7-6-8-16(17)21/h6-9,15,18H,10-14H2,1-5H3/p+1/t18-/m1/s1. The number of nitrogens with one attached hydrogen (secondary N) is 1. The maximum absolute atomic E-state index is 14.1. The fourth-order valence-electron chi connectivity index (χ4n) is 3.91. The quantitative estimate of drug-likeness (QED) is 0.869. The molecule has 1 aromatic carbocycles. The molecule has 0 saturated carbocycles. The summed E-state index contributed by atoms with van der Waals surface area (Å²) in [5.74, 6) is 1.37. The molecule has 7 heteroatoms. The molecule has 1 aliphatic heterocycles. The van der Waals surface area contributed by atoms with E-state index >= 15 is 0 Å². The van der Waals surface area contributed by atoms with Gasteiger partial charge in [-0.15, -0.1) is 5.10 Å². The normalized spacial score (nSPS) is 17.5. The molecule has 0 unspecified atom stereocenters. The first-order chi connectivity index (χ1) is 12.8. The van der Waals surface area contributed by atoms with Gasteiger partial charge >= 0.3 is 0 Å². The lowest BCUT2D eigenvalue weighted by molar-refractivity contribution is -0.934. The van der Waals surface area contributed by atoms with E-state index < -0.39 is 0 Å². The van der Waals surface area contributed by atoms with Crippen molar-refractivity contribution in [1.29, 1.82) is 0 Å². The van der Waals surface area contributed by atoms with Gasteiger partial charge in [0.25, 0.3) is 0 Å². The van der Waals surface area contributed by atoms with Crippen LogP contribution < -0.4 is 9.80 Å². The highest BCUT2D eigenvalue weighted by Crippen LogP contribution is 2.23. The lowest BCUT2D eigenvalue weighted by Crippen LogP contribution is -3.15. The van der Waals surface area contributed by atoms with Crippen LogP contribution in [0.25, 0.3) is 0 Å². The Hall–Kier alpha value is -2.02. The van der Waals surface area contributed by atoms with E-state index in [-0.39, 0.29) is 17.4 Å². The zero-order valence-corrected chi connectivity index (χ0v) is 17.1. The molecule has 1 aromatic heterocycles. The summed E-state index contributed by atoms with van der Waals surface area (Å²) in [6, 6.07) is 7.30. The summed E-state index contributed by atoms with van der Waals surface area (Å²) >= 11 is 0. The number of benzene rings is 1. The van der Waals surface area contributed by atoms with E-state index in [2.05, 4.69) is 55.0 Å². The molecule has 2 heterocycles. The molecular weight excluding hydrogens is 343 g/mol. The molecule has 3 rings (SSSR count). The highest BCUT2D eigenvalue weighted by molar-refractivity contribution is 5.47. The Balaban J connectivity index is 1.78.